The van der Waals surface area contributed by atoms with Crippen molar-refractivity contribution in [2.45, 2.75) is 0 Å². The molecule has 0 fully saturated rings. The molecule has 0 aromatic heterocycles. The molecule has 0 aliphatic heterocycles. The Morgan fingerprint density at radius 2 is 1.18 bits per heavy atom. The first-order valence-electron chi connectivity index (χ1n) is 3.06. The molecule has 0 unspecified atom stereocenters. The fourth-order valence-corrected chi connectivity index (χ4v) is 0.866. The summed E-state index contributed by atoms with van der Waals surface area (Å²) in [7, 11) is 3.05. The molecule has 0 atom stereocenters. The highest BCUT2D eigenvalue weighted by atomic mass is 28.3. The molecule has 0 aromatic rings. The van der Waals surface area contributed by atoms with Crippen molar-refractivity contribution in [3.8, 4) is 0 Å². The normalized spacial score (nSPS) is 9.27. The van der Waals surface area contributed by atoms with Gasteiger partial charge < -0.3 is 23.5 Å². The lowest BCUT2D eigenvalue weighted by Crippen LogP contribution is -2.21. The van der Waals surface area contributed by atoms with Crippen molar-refractivity contribution in [3.05, 3.63) is 0 Å². The maximum Gasteiger partial charge on any atom is 0.483 e. The Balaban J connectivity index is 0. The van der Waals surface area contributed by atoms with Crippen LogP contribution < -0.4 is 0 Å². The van der Waals surface area contributed by atoms with Crippen LogP contribution in [0.2, 0.25) is 0 Å². The minimum absolute atomic E-state index is 0.125. The Morgan fingerprint density at radius 1 is 0.909 bits per heavy atom. The van der Waals surface area contributed by atoms with Gasteiger partial charge in [0.15, 0.2) is 0 Å². The lowest BCUT2D eigenvalue weighted by molar-refractivity contribution is 0.163. The average molecular weight is 184 g/mol. The van der Waals surface area contributed by atoms with Gasteiger partial charge in [-0.1, -0.05) is 0 Å². The molecule has 0 heterocycles. The van der Waals surface area contributed by atoms with Crippen LogP contribution >= 0.6 is 0 Å². The van der Waals surface area contributed by atoms with E-state index in [4.69, 9.17) is 23.5 Å². The summed E-state index contributed by atoms with van der Waals surface area (Å²) in [6, 6.07) is 0. The summed E-state index contributed by atoms with van der Waals surface area (Å²) in [6.45, 7) is -0.250. The molecule has 11 heavy (non-hydrogen) atoms. The molecule has 0 rings (SSSR count). The van der Waals surface area contributed by atoms with Gasteiger partial charge in [-0.2, -0.15) is 0 Å². The van der Waals surface area contributed by atoms with E-state index in [1.165, 1.54) is 0 Å². The lowest BCUT2D eigenvalue weighted by Gasteiger charge is -2.05. The molecule has 70 valence electrons. The molecule has 5 nitrogen and oxygen atoms in total. The van der Waals surface area contributed by atoms with Crippen LogP contribution in [0.5, 0.6) is 0 Å². The van der Waals surface area contributed by atoms with Gasteiger partial charge in [0.2, 0.25) is 0 Å². The Bertz CT molecular complexity index is 51.3. The van der Waals surface area contributed by atoms with Gasteiger partial charge in [-0.05, 0) is 0 Å². The number of hydrogen-bond donors (Lipinski definition) is 2. The smallest absolute Gasteiger partial charge is 0.394 e. The van der Waals surface area contributed by atoms with Crippen LogP contribution in [0.25, 0.3) is 0 Å². The summed E-state index contributed by atoms with van der Waals surface area (Å²) in [4.78, 5) is 0. The Labute approximate surface area is 68.5 Å². The van der Waals surface area contributed by atoms with E-state index in [2.05, 4.69) is 0 Å². The standard InChI is InChI=1S/C3H10O3Si.C2H6O2/c1-4-7(5-2)6-3;3-1-2-4/h7H,1-3H3;3-4H,1-2H2. The van der Waals surface area contributed by atoms with E-state index in [1.807, 2.05) is 0 Å². The van der Waals surface area contributed by atoms with Crippen molar-refractivity contribution >= 4 is 9.53 Å². The van der Waals surface area contributed by atoms with Crippen LogP contribution in [0.3, 0.4) is 0 Å². The first kappa shape index (κ1) is 13.6. The predicted octanol–water partition coefficient (Wildman–Crippen LogP) is -1.39. The van der Waals surface area contributed by atoms with Gasteiger partial charge in [0.05, 0.1) is 13.2 Å². The van der Waals surface area contributed by atoms with Gasteiger partial charge >= 0.3 is 9.53 Å². The summed E-state index contributed by atoms with van der Waals surface area (Å²) >= 11 is 0. The second kappa shape index (κ2) is 12.7. The molecule has 0 aliphatic rings. The van der Waals surface area contributed by atoms with Crippen molar-refractivity contribution in [1.29, 1.82) is 0 Å². The van der Waals surface area contributed by atoms with Crippen LogP contribution in [0.1, 0.15) is 0 Å². The summed E-state index contributed by atoms with van der Waals surface area (Å²) in [5, 5.41) is 15.2. The molecule has 0 bridgehead atoms. The van der Waals surface area contributed by atoms with Gasteiger partial charge in [0.25, 0.3) is 0 Å². The van der Waals surface area contributed by atoms with Crippen LogP contribution in [-0.2, 0) is 13.3 Å². The second-order valence-corrected chi connectivity index (χ2v) is 3.43. The zero-order valence-electron chi connectivity index (χ0n) is 7.11. The molecule has 0 saturated carbocycles. The summed E-state index contributed by atoms with van der Waals surface area (Å²) in [6.07, 6.45) is 0. The summed E-state index contributed by atoms with van der Waals surface area (Å²) in [5.41, 5.74) is 0. The molecule has 0 spiro atoms. The maximum atomic E-state index is 7.62. The van der Waals surface area contributed by atoms with Gasteiger partial charge in [-0.15, -0.1) is 0 Å². The topological polar surface area (TPSA) is 68.2 Å². The van der Waals surface area contributed by atoms with Crippen molar-refractivity contribution in [3.63, 3.8) is 0 Å². The zero-order chi connectivity index (χ0) is 9.11. The van der Waals surface area contributed by atoms with E-state index < -0.39 is 9.53 Å². The molecule has 0 aromatic carbocycles. The third kappa shape index (κ3) is 13.1. The molecule has 0 amide bonds. The number of hydrogen-bond acceptors (Lipinski definition) is 5. The van der Waals surface area contributed by atoms with Crippen LogP contribution in [0.4, 0.5) is 0 Å². The lowest BCUT2D eigenvalue weighted by atomic mass is 10.8. The highest BCUT2D eigenvalue weighted by molar-refractivity contribution is 6.36. The van der Waals surface area contributed by atoms with E-state index in [0.717, 1.165) is 0 Å². The highest BCUT2D eigenvalue weighted by Crippen LogP contribution is 1.81. The van der Waals surface area contributed by atoms with E-state index in [9.17, 15) is 0 Å². The average Bonchev–Trinajstić information content (AvgIpc) is 2.08. The minimum atomic E-state index is -1.67. The largest absolute Gasteiger partial charge is 0.483 e. The number of rotatable bonds is 4. The molecule has 0 saturated heterocycles. The van der Waals surface area contributed by atoms with Crippen molar-refractivity contribution in [2.24, 2.45) is 0 Å². The monoisotopic (exact) mass is 184 g/mol. The maximum absolute atomic E-state index is 7.62. The number of aliphatic hydroxyl groups excluding tert-OH is 2. The predicted molar refractivity (Wildman–Crippen MR) is 42.3 cm³/mol. The SMILES string of the molecule is CO[SiH](OC)OC.OCCO. The summed E-state index contributed by atoms with van der Waals surface area (Å²) < 4.78 is 14.2. The highest BCUT2D eigenvalue weighted by Gasteiger charge is 2.04. The molecule has 0 radical (unpaired) electrons. The fraction of sp³-hybridized carbons (Fsp3) is 1.00. The van der Waals surface area contributed by atoms with E-state index in [1.54, 1.807) is 21.3 Å². The van der Waals surface area contributed by atoms with E-state index >= 15 is 0 Å². The third-order valence-corrected chi connectivity index (χ3v) is 1.83. The third-order valence-electron chi connectivity index (χ3n) is 0.677. The Hall–Kier alpha value is 0.0169. The van der Waals surface area contributed by atoms with Gasteiger partial charge in [0, 0.05) is 21.3 Å². The van der Waals surface area contributed by atoms with Crippen molar-refractivity contribution < 1.29 is 23.5 Å². The van der Waals surface area contributed by atoms with E-state index in [-0.39, 0.29) is 13.2 Å². The van der Waals surface area contributed by atoms with Gasteiger partial charge in [-0.3, -0.25) is 0 Å². The second-order valence-electron chi connectivity index (χ2n) is 1.44. The zero-order valence-corrected chi connectivity index (χ0v) is 8.27. The molecular formula is C5H16O5Si. The Kier molecular flexibility index (Phi) is 15.7. The quantitative estimate of drug-likeness (QED) is 0.527. The molecule has 6 heteroatoms. The molecule has 0 aliphatic carbocycles. The van der Waals surface area contributed by atoms with Crippen LogP contribution in [-0.4, -0.2) is 54.3 Å². The van der Waals surface area contributed by atoms with E-state index in [0.29, 0.717) is 0 Å². The van der Waals surface area contributed by atoms with Crippen molar-refractivity contribution in [1.82, 2.24) is 0 Å². The van der Waals surface area contributed by atoms with Gasteiger partial charge in [-0.25, -0.2) is 0 Å². The van der Waals surface area contributed by atoms with Crippen LogP contribution in [0, 0.1) is 0 Å². The summed E-state index contributed by atoms with van der Waals surface area (Å²) in [5.74, 6) is 0. The molecule has 2 N–H and O–H groups in total. The number of aliphatic hydroxyl groups is 2. The Morgan fingerprint density at radius 3 is 1.18 bits per heavy atom. The van der Waals surface area contributed by atoms with Crippen molar-refractivity contribution in [2.75, 3.05) is 34.5 Å². The fourth-order valence-electron chi connectivity index (χ4n) is 0.289. The first-order chi connectivity index (χ1) is 5.26. The minimum Gasteiger partial charge on any atom is -0.394 e. The molecular weight excluding hydrogens is 168 g/mol. The van der Waals surface area contributed by atoms with Crippen LogP contribution in [0.15, 0.2) is 0 Å². The first-order valence-corrected chi connectivity index (χ1v) is 4.48. The van der Waals surface area contributed by atoms with Gasteiger partial charge in [0.1, 0.15) is 0 Å².